The molecule has 2 heteroatoms. The summed E-state index contributed by atoms with van der Waals surface area (Å²) in [5, 5.41) is 0. The molecule has 1 aliphatic rings. The average Bonchev–Trinajstić information content (AvgIpc) is 2.15. The minimum Gasteiger partial charge on any atom is -0.490 e. The number of carbonyl (C=O) groups excluding carboxylic acids is 1. The fourth-order valence-corrected chi connectivity index (χ4v) is 0.820. The van der Waals surface area contributed by atoms with Crippen molar-refractivity contribution in [2.24, 2.45) is 5.92 Å². The van der Waals surface area contributed by atoms with Crippen LogP contribution in [-0.4, -0.2) is 12.4 Å². The van der Waals surface area contributed by atoms with E-state index in [1.54, 1.807) is 6.26 Å². The van der Waals surface area contributed by atoms with Gasteiger partial charge in [-0.25, -0.2) is 0 Å². The van der Waals surface area contributed by atoms with E-state index in [4.69, 9.17) is 4.74 Å². The molecule has 0 fully saturated rings. The van der Waals surface area contributed by atoms with E-state index in [1.165, 1.54) is 0 Å². The van der Waals surface area contributed by atoms with Gasteiger partial charge in [0.15, 0.2) is 12.4 Å². The molecule has 0 aliphatic carbocycles. The fourth-order valence-electron chi connectivity index (χ4n) is 0.820. The third kappa shape index (κ3) is 0.969. The molecule has 0 aromatic rings. The van der Waals surface area contributed by atoms with Gasteiger partial charge in [0.05, 0.1) is 6.26 Å². The van der Waals surface area contributed by atoms with Gasteiger partial charge in [-0.3, -0.25) is 4.79 Å². The van der Waals surface area contributed by atoms with Crippen LogP contribution in [0.4, 0.5) is 0 Å². The van der Waals surface area contributed by atoms with E-state index in [9.17, 15) is 4.79 Å². The molecule has 0 aromatic heterocycles. The zero-order valence-electron chi connectivity index (χ0n) is 5.63. The summed E-state index contributed by atoms with van der Waals surface area (Å²) in [7, 11) is 0. The fraction of sp³-hybridized carbons (Fsp3) is 0.571. The molecule has 2 atom stereocenters. The highest BCUT2D eigenvalue weighted by Crippen LogP contribution is 2.22. The molecule has 2 nitrogen and oxygen atoms in total. The van der Waals surface area contributed by atoms with Gasteiger partial charge in [-0.15, -0.1) is 0 Å². The van der Waals surface area contributed by atoms with Crippen LogP contribution < -0.4 is 0 Å². The highest BCUT2D eigenvalue weighted by molar-refractivity contribution is 5.58. The van der Waals surface area contributed by atoms with Crippen molar-refractivity contribution >= 4 is 6.29 Å². The zero-order chi connectivity index (χ0) is 6.85. The van der Waals surface area contributed by atoms with Gasteiger partial charge in [0.2, 0.25) is 0 Å². The molecule has 50 valence electrons. The Hall–Kier alpha value is -0.790. The van der Waals surface area contributed by atoms with Gasteiger partial charge in [-0.2, -0.15) is 0 Å². The summed E-state index contributed by atoms with van der Waals surface area (Å²) >= 11 is 0. The van der Waals surface area contributed by atoms with Gasteiger partial charge in [-0.1, -0.05) is 6.92 Å². The average molecular weight is 126 g/mol. The van der Waals surface area contributed by atoms with E-state index in [-0.39, 0.29) is 12.0 Å². The Kier molecular flexibility index (Phi) is 1.56. The predicted octanol–water partition coefficient (Wildman–Crippen LogP) is 1.12. The van der Waals surface area contributed by atoms with Crippen LogP contribution >= 0.6 is 0 Å². The van der Waals surface area contributed by atoms with Gasteiger partial charge in [-0.05, 0) is 12.5 Å². The smallest absolute Gasteiger partial charge is 0.161 e. The van der Waals surface area contributed by atoms with Crippen LogP contribution in [0.2, 0.25) is 0 Å². The summed E-state index contributed by atoms with van der Waals surface area (Å²) in [4.78, 5) is 10.2. The molecule has 0 radical (unpaired) electrons. The number of carbonyl (C=O) groups is 1. The zero-order valence-corrected chi connectivity index (χ0v) is 5.63. The number of ether oxygens (including phenoxy) is 1. The minimum atomic E-state index is -0.231. The van der Waals surface area contributed by atoms with Crippen molar-refractivity contribution in [1.82, 2.24) is 0 Å². The standard InChI is InChI=1S/C7H10O2/c1-5-4-9-7(3-8)6(5)2/h3-4,6-7H,1-2H3. The van der Waals surface area contributed by atoms with Crippen LogP contribution in [0.5, 0.6) is 0 Å². The first-order chi connectivity index (χ1) is 4.25. The monoisotopic (exact) mass is 126 g/mol. The van der Waals surface area contributed by atoms with Crippen molar-refractivity contribution in [3.8, 4) is 0 Å². The first-order valence-electron chi connectivity index (χ1n) is 3.03. The SMILES string of the molecule is CC1=COC(C=O)C1C. The largest absolute Gasteiger partial charge is 0.490 e. The van der Waals surface area contributed by atoms with Crippen LogP contribution in [0, 0.1) is 5.92 Å². The molecule has 0 N–H and O–H groups in total. The maximum Gasteiger partial charge on any atom is 0.161 e. The van der Waals surface area contributed by atoms with Crippen molar-refractivity contribution in [3.63, 3.8) is 0 Å². The molecule has 0 saturated heterocycles. The van der Waals surface area contributed by atoms with Gasteiger partial charge in [0.1, 0.15) is 0 Å². The first-order valence-corrected chi connectivity index (χ1v) is 3.03. The van der Waals surface area contributed by atoms with E-state index in [1.807, 2.05) is 13.8 Å². The van der Waals surface area contributed by atoms with E-state index in [0.717, 1.165) is 11.9 Å². The molecule has 9 heavy (non-hydrogen) atoms. The van der Waals surface area contributed by atoms with E-state index < -0.39 is 0 Å². The molecule has 1 aliphatic heterocycles. The molecule has 0 spiro atoms. The quantitative estimate of drug-likeness (QED) is 0.492. The Morgan fingerprint density at radius 2 is 2.44 bits per heavy atom. The Morgan fingerprint density at radius 1 is 1.78 bits per heavy atom. The lowest BCUT2D eigenvalue weighted by atomic mass is 10.0. The summed E-state index contributed by atoms with van der Waals surface area (Å²) in [5.74, 6) is 0.266. The Morgan fingerprint density at radius 3 is 2.67 bits per heavy atom. The van der Waals surface area contributed by atoms with Crippen LogP contribution in [0.3, 0.4) is 0 Å². The predicted molar refractivity (Wildman–Crippen MR) is 33.9 cm³/mol. The topological polar surface area (TPSA) is 26.3 Å². The number of aldehydes is 1. The minimum absolute atomic E-state index is 0.231. The van der Waals surface area contributed by atoms with Crippen molar-refractivity contribution in [3.05, 3.63) is 11.8 Å². The van der Waals surface area contributed by atoms with E-state index >= 15 is 0 Å². The van der Waals surface area contributed by atoms with Gasteiger partial charge >= 0.3 is 0 Å². The van der Waals surface area contributed by atoms with Crippen LogP contribution in [0.1, 0.15) is 13.8 Å². The molecule has 0 aromatic carbocycles. The second-order valence-corrected chi connectivity index (χ2v) is 2.39. The molecule has 0 bridgehead atoms. The molecule has 2 unspecified atom stereocenters. The molecule has 1 rings (SSSR count). The molecular weight excluding hydrogens is 116 g/mol. The Balaban J connectivity index is 2.61. The van der Waals surface area contributed by atoms with Gasteiger partial charge in [0, 0.05) is 5.92 Å². The summed E-state index contributed by atoms with van der Waals surface area (Å²) in [6.07, 6.45) is 2.27. The third-order valence-corrected chi connectivity index (χ3v) is 1.76. The van der Waals surface area contributed by atoms with E-state index in [2.05, 4.69) is 0 Å². The lowest BCUT2D eigenvalue weighted by molar-refractivity contribution is -0.115. The van der Waals surface area contributed by atoms with E-state index in [0.29, 0.717) is 0 Å². The van der Waals surface area contributed by atoms with Crippen LogP contribution in [0.15, 0.2) is 11.8 Å². The maximum absolute atomic E-state index is 10.2. The van der Waals surface area contributed by atoms with Crippen molar-refractivity contribution in [2.75, 3.05) is 0 Å². The van der Waals surface area contributed by atoms with Crippen molar-refractivity contribution in [1.29, 1.82) is 0 Å². The normalized spacial score (nSPS) is 33.3. The van der Waals surface area contributed by atoms with Gasteiger partial charge in [0.25, 0.3) is 0 Å². The highest BCUT2D eigenvalue weighted by Gasteiger charge is 2.23. The van der Waals surface area contributed by atoms with Crippen LogP contribution in [-0.2, 0) is 9.53 Å². The molecular formula is C7H10O2. The Labute approximate surface area is 54.5 Å². The highest BCUT2D eigenvalue weighted by atomic mass is 16.5. The second kappa shape index (κ2) is 2.21. The first kappa shape index (κ1) is 6.33. The van der Waals surface area contributed by atoms with Crippen molar-refractivity contribution in [2.45, 2.75) is 20.0 Å². The number of hydrogen-bond acceptors (Lipinski definition) is 2. The lowest BCUT2D eigenvalue weighted by Gasteiger charge is -2.07. The molecule has 0 amide bonds. The number of rotatable bonds is 1. The third-order valence-electron chi connectivity index (χ3n) is 1.76. The summed E-state index contributed by atoms with van der Waals surface area (Å²) in [6.45, 7) is 3.95. The molecule has 0 saturated carbocycles. The van der Waals surface area contributed by atoms with Crippen LogP contribution in [0.25, 0.3) is 0 Å². The summed E-state index contributed by atoms with van der Waals surface area (Å²) in [6, 6.07) is 0. The summed E-state index contributed by atoms with van der Waals surface area (Å²) in [5.41, 5.74) is 1.15. The second-order valence-electron chi connectivity index (χ2n) is 2.39. The molecule has 1 heterocycles. The maximum atomic E-state index is 10.2. The van der Waals surface area contributed by atoms with Gasteiger partial charge < -0.3 is 4.74 Å². The number of hydrogen-bond donors (Lipinski definition) is 0. The van der Waals surface area contributed by atoms with Crippen molar-refractivity contribution < 1.29 is 9.53 Å². The lowest BCUT2D eigenvalue weighted by Crippen LogP contribution is -2.16. The Bertz CT molecular complexity index is 149. The summed E-state index contributed by atoms with van der Waals surface area (Å²) < 4.78 is 5.00.